The fraction of sp³-hybridized carbons (Fsp3) is 0.235. The first-order chi connectivity index (χ1) is 11.7. The van der Waals surface area contributed by atoms with Gasteiger partial charge in [-0.3, -0.25) is 4.79 Å². The van der Waals surface area contributed by atoms with Crippen molar-refractivity contribution in [1.82, 2.24) is 5.32 Å². The van der Waals surface area contributed by atoms with Crippen molar-refractivity contribution in [3.05, 3.63) is 46.5 Å². The van der Waals surface area contributed by atoms with Crippen molar-refractivity contribution in [3.8, 4) is 23.0 Å². The minimum absolute atomic E-state index is 0.244. The number of benzene rings is 2. The van der Waals surface area contributed by atoms with Gasteiger partial charge in [0.1, 0.15) is 13.2 Å². The zero-order valence-electron chi connectivity index (χ0n) is 12.8. The highest BCUT2D eigenvalue weighted by molar-refractivity contribution is 6.32. The molecule has 7 heteroatoms. The second kappa shape index (κ2) is 5.79. The zero-order valence-corrected chi connectivity index (χ0v) is 13.6. The van der Waals surface area contributed by atoms with Crippen molar-refractivity contribution in [2.24, 2.45) is 0 Å². The molecule has 6 nitrogen and oxygen atoms in total. The van der Waals surface area contributed by atoms with Gasteiger partial charge < -0.3 is 24.3 Å². The topological polar surface area (TPSA) is 66.0 Å². The molecule has 0 radical (unpaired) electrons. The molecule has 2 heterocycles. The zero-order chi connectivity index (χ0) is 16.7. The van der Waals surface area contributed by atoms with Crippen molar-refractivity contribution < 1.29 is 23.7 Å². The molecule has 2 aromatic rings. The first-order valence-corrected chi connectivity index (χ1v) is 7.78. The maximum absolute atomic E-state index is 12.4. The minimum atomic E-state index is -0.699. The van der Waals surface area contributed by atoms with Crippen LogP contribution in [0.3, 0.4) is 0 Å². The van der Waals surface area contributed by atoms with E-state index in [1.54, 1.807) is 30.3 Å². The number of halogens is 1. The number of para-hydroxylation sites is 1. The molecule has 1 atom stereocenters. The number of ether oxygens (including phenoxy) is 4. The van der Waals surface area contributed by atoms with E-state index in [9.17, 15) is 4.79 Å². The van der Waals surface area contributed by atoms with Crippen molar-refractivity contribution in [1.29, 1.82) is 0 Å². The van der Waals surface area contributed by atoms with Crippen LogP contribution in [0, 0.1) is 0 Å². The lowest BCUT2D eigenvalue weighted by Gasteiger charge is -2.29. The molecule has 1 N–H and O–H groups in total. The molecule has 124 valence electrons. The molecule has 2 aromatic carbocycles. The molecule has 1 unspecified atom stereocenters. The molecule has 0 spiro atoms. The van der Waals surface area contributed by atoms with Gasteiger partial charge in [0, 0.05) is 5.56 Å². The van der Waals surface area contributed by atoms with E-state index in [1.165, 1.54) is 7.11 Å². The summed E-state index contributed by atoms with van der Waals surface area (Å²) >= 11 is 6.26. The Hall–Kier alpha value is -2.60. The van der Waals surface area contributed by atoms with Crippen LogP contribution in [0.15, 0.2) is 30.3 Å². The van der Waals surface area contributed by atoms with E-state index in [0.29, 0.717) is 52.4 Å². The molecule has 0 fully saturated rings. The lowest BCUT2D eigenvalue weighted by atomic mass is 10.1. The van der Waals surface area contributed by atoms with Gasteiger partial charge in [0.25, 0.3) is 5.91 Å². The SMILES string of the molecule is COc1cccc2c1OC(c1cc(Cl)c3c(c1)OCCO3)NC2=O. The lowest BCUT2D eigenvalue weighted by Crippen LogP contribution is -2.37. The highest BCUT2D eigenvalue weighted by Gasteiger charge is 2.30. The lowest BCUT2D eigenvalue weighted by molar-refractivity contribution is 0.0745. The van der Waals surface area contributed by atoms with Crippen LogP contribution in [0.1, 0.15) is 22.1 Å². The summed E-state index contributed by atoms with van der Waals surface area (Å²) in [6.45, 7) is 0.897. The van der Waals surface area contributed by atoms with Crippen LogP contribution in [0.4, 0.5) is 0 Å². The molecule has 4 rings (SSSR count). The van der Waals surface area contributed by atoms with E-state index in [4.69, 9.17) is 30.5 Å². The summed E-state index contributed by atoms with van der Waals surface area (Å²) in [5.74, 6) is 1.70. The van der Waals surface area contributed by atoms with Crippen LogP contribution < -0.4 is 24.3 Å². The number of hydrogen-bond acceptors (Lipinski definition) is 5. The Kier molecular flexibility index (Phi) is 3.61. The normalized spacial score (nSPS) is 18.2. The Morgan fingerprint density at radius 1 is 1.21 bits per heavy atom. The Bertz CT molecular complexity index is 823. The molecule has 2 aliphatic rings. The van der Waals surface area contributed by atoms with Crippen LogP contribution >= 0.6 is 11.6 Å². The van der Waals surface area contributed by atoms with Crippen molar-refractivity contribution in [2.75, 3.05) is 20.3 Å². The Morgan fingerprint density at radius 3 is 2.88 bits per heavy atom. The number of carbonyl (C=O) groups is 1. The summed E-state index contributed by atoms with van der Waals surface area (Å²) in [5.41, 5.74) is 1.09. The Morgan fingerprint density at radius 2 is 2.04 bits per heavy atom. The van der Waals surface area contributed by atoms with E-state index >= 15 is 0 Å². The second-order valence-electron chi connectivity index (χ2n) is 5.34. The summed E-state index contributed by atoms with van der Waals surface area (Å²) in [6.07, 6.45) is -0.699. The first kappa shape index (κ1) is 15.0. The number of nitrogens with one attached hydrogen (secondary N) is 1. The molecule has 1 amide bonds. The summed E-state index contributed by atoms with van der Waals surface area (Å²) in [5, 5.41) is 3.21. The molecule has 0 saturated heterocycles. The molecule has 0 saturated carbocycles. The standard InChI is InChI=1S/C17H14ClNO5/c1-21-12-4-2-3-10-14(12)24-17(19-16(10)20)9-7-11(18)15-13(8-9)22-5-6-23-15/h2-4,7-8,17H,5-6H2,1H3,(H,19,20). The summed E-state index contributed by atoms with van der Waals surface area (Å²) in [7, 11) is 1.53. The number of amides is 1. The van der Waals surface area contributed by atoms with Gasteiger partial charge in [-0.25, -0.2) is 0 Å². The highest BCUT2D eigenvalue weighted by atomic mass is 35.5. The fourth-order valence-electron chi connectivity index (χ4n) is 2.75. The number of carbonyl (C=O) groups excluding carboxylic acids is 1. The maximum atomic E-state index is 12.4. The summed E-state index contributed by atoms with van der Waals surface area (Å²) in [4.78, 5) is 12.4. The predicted molar refractivity (Wildman–Crippen MR) is 86.3 cm³/mol. The average Bonchev–Trinajstić information content (AvgIpc) is 2.61. The Labute approximate surface area is 143 Å². The largest absolute Gasteiger partial charge is 0.493 e. The van der Waals surface area contributed by atoms with Gasteiger partial charge in [-0.1, -0.05) is 17.7 Å². The van der Waals surface area contributed by atoms with E-state index in [-0.39, 0.29) is 5.91 Å². The van der Waals surface area contributed by atoms with Gasteiger partial charge in [-0.15, -0.1) is 0 Å². The van der Waals surface area contributed by atoms with Gasteiger partial charge in [0.05, 0.1) is 17.7 Å². The number of hydrogen-bond donors (Lipinski definition) is 1. The van der Waals surface area contributed by atoms with E-state index in [0.717, 1.165) is 0 Å². The quantitative estimate of drug-likeness (QED) is 0.904. The van der Waals surface area contributed by atoms with E-state index < -0.39 is 6.23 Å². The molecule has 0 aliphatic carbocycles. The predicted octanol–water partition coefficient (Wildman–Crippen LogP) is 2.94. The van der Waals surface area contributed by atoms with Crippen LogP contribution in [0.25, 0.3) is 0 Å². The van der Waals surface area contributed by atoms with Gasteiger partial charge in [-0.05, 0) is 24.3 Å². The minimum Gasteiger partial charge on any atom is -0.493 e. The Balaban J connectivity index is 1.73. The summed E-state index contributed by atoms with van der Waals surface area (Å²) < 4.78 is 22.3. The third-order valence-corrected chi connectivity index (χ3v) is 4.14. The second-order valence-corrected chi connectivity index (χ2v) is 5.74. The first-order valence-electron chi connectivity index (χ1n) is 7.41. The number of fused-ring (bicyclic) bond motifs is 2. The van der Waals surface area contributed by atoms with Crippen molar-refractivity contribution in [2.45, 2.75) is 6.23 Å². The third kappa shape index (κ3) is 2.39. The maximum Gasteiger partial charge on any atom is 0.258 e. The molecule has 0 bridgehead atoms. The molecule has 24 heavy (non-hydrogen) atoms. The highest BCUT2D eigenvalue weighted by Crippen LogP contribution is 2.42. The van der Waals surface area contributed by atoms with Crippen molar-refractivity contribution in [3.63, 3.8) is 0 Å². The van der Waals surface area contributed by atoms with Gasteiger partial charge in [0.2, 0.25) is 0 Å². The number of methoxy groups -OCH3 is 1. The van der Waals surface area contributed by atoms with Crippen molar-refractivity contribution >= 4 is 17.5 Å². The average molecular weight is 348 g/mol. The van der Waals surface area contributed by atoms with Crippen LogP contribution in [-0.4, -0.2) is 26.2 Å². The molecular formula is C17H14ClNO5. The van der Waals surface area contributed by atoms with E-state index in [2.05, 4.69) is 5.32 Å². The number of rotatable bonds is 2. The smallest absolute Gasteiger partial charge is 0.258 e. The van der Waals surface area contributed by atoms with Gasteiger partial charge >= 0.3 is 0 Å². The van der Waals surface area contributed by atoms with Crippen LogP contribution in [0.5, 0.6) is 23.0 Å². The molecule has 0 aromatic heterocycles. The molecule has 2 aliphatic heterocycles. The van der Waals surface area contributed by atoms with Gasteiger partial charge in [-0.2, -0.15) is 0 Å². The third-order valence-electron chi connectivity index (χ3n) is 3.86. The molecular weight excluding hydrogens is 334 g/mol. The van der Waals surface area contributed by atoms with Crippen LogP contribution in [-0.2, 0) is 0 Å². The monoisotopic (exact) mass is 347 g/mol. The van der Waals surface area contributed by atoms with E-state index in [1.807, 2.05) is 0 Å². The fourth-order valence-corrected chi connectivity index (χ4v) is 3.03. The van der Waals surface area contributed by atoms with Crippen LogP contribution in [0.2, 0.25) is 5.02 Å². The van der Waals surface area contributed by atoms with Gasteiger partial charge in [0.15, 0.2) is 29.2 Å². The summed E-state index contributed by atoms with van der Waals surface area (Å²) in [6, 6.07) is 8.61.